The summed E-state index contributed by atoms with van der Waals surface area (Å²) in [7, 11) is 1.89. The molecule has 1 aromatic heterocycles. The molecule has 0 aromatic carbocycles. The monoisotopic (exact) mass is 238 g/mol. The van der Waals surface area contributed by atoms with Gasteiger partial charge in [0, 0.05) is 24.7 Å². The maximum Gasteiger partial charge on any atom is 0.220 e. The lowest BCUT2D eigenvalue weighted by atomic mass is 10.1. The van der Waals surface area contributed by atoms with Crippen molar-refractivity contribution >= 4 is 5.91 Å². The molecule has 0 aliphatic rings. The Hall–Kier alpha value is -1.36. The molecule has 5 heteroatoms. The zero-order valence-corrected chi connectivity index (χ0v) is 11.0. The van der Waals surface area contributed by atoms with E-state index in [1.807, 2.05) is 27.8 Å². The molecule has 0 bridgehead atoms. The highest BCUT2D eigenvalue weighted by Gasteiger charge is 2.15. The number of carbonyl (C=O) groups is 1. The van der Waals surface area contributed by atoms with E-state index < -0.39 is 0 Å². The van der Waals surface area contributed by atoms with Crippen LogP contribution in [0.1, 0.15) is 37.6 Å². The van der Waals surface area contributed by atoms with Gasteiger partial charge < -0.3 is 11.1 Å². The minimum atomic E-state index is -0.0128. The molecule has 0 saturated carbocycles. The number of nitrogens with one attached hydrogen (secondary N) is 1. The zero-order chi connectivity index (χ0) is 13.0. The molecule has 1 amide bonds. The average Bonchev–Trinajstić information content (AvgIpc) is 2.59. The van der Waals surface area contributed by atoms with E-state index in [1.54, 1.807) is 10.9 Å². The molecule has 0 spiro atoms. The second-order valence-electron chi connectivity index (χ2n) is 4.64. The van der Waals surface area contributed by atoms with Crippen molar-refractivity contribution in [1.29, 1.82) is 0 Å². The summed E-state index contributed by atoms with van der Waals surface area (Å²) in [6.07, 6.45) is 2.27. The van der Waals surface area contributed by atoms with Crippen molar-refractivity contribution in [3.05, 3.63) is 17.5 Å². The van der Waals surface area contributed by atoms with Gasteiger partial charge in [0.1, 0.15) is 0 Å². The fourth-order valence-corrected chi connectivity index (χ4v) is 1.72. The fourth-order valence-electron chi connectivity index (χ4n) is 1.72. The molecule has 0 aliphatic heterocycles. The maximum atomic E-state index is 11.7. The minimum absolute atomic E-state index is 0.0128. The largest absolute Gasteiger partial charge is 0.349 e. The van der Waals surface area contributed by atoms with Crippen molar-refractivity contribution in [2.45, 2.75) is 33.2 Å². The van der Waals surface area contributed by atoms with Crippen LogP contribution in [0.2, 0.25) is 0 Å². The van der Waals surface area contributed by atoms with Crippen molar-refractivity contribution in [3.8, 4) is 0 Å². The summed E-state index contributed by atoms with van der Waals surface area (Å²) >= 11 is 0. The Morgan fingerprint density at radius 1 is 1.59 bits per heavy atom. The molecule has 0 saturated heterocycles. The van der Waals surface area contributed by atoms with E-state index in [9.17, 15) is 4.79 Å². The Kier molecular flexibility index (Phi) is 4.69. The summed E-state index contributed by atoms with van der Waals surface area (Å²) < 4.78 is 1.81. The summed E-state index contributed by atoms with van der Waals surface area (Å²) in [5.41, 5.74) is 7.63. The SMILES string of the molecule is Cc1c(C(C)NC(=O)CC(C)CN)cnn1C. The Balaban J connectivity index is 2.57. The molecular formula is C12H22N4O. The Bertz CT molecular complexity index is 386. The molecule has 17 heavy (non-hydrogen) atoms. The van der Waals surface area contributed by atoms with Gasteiger partial charge in [0.2, 0.25) is 5.91 Å². The highest BCUT2D eigenvalue weighted by atomic mass is 16.1. The molecule has 0 radical (unpaired) electrons. The fraction of sp³-hybridized carbons (Fsp3) is 0.667. The highest BCUT2D eigenvalue weighted by Crippen LogP contribution is 2.16. The molecule has 1 heterocycles. The number of carbonyl (C=O) groups excluding carboxylic acids is 1. The number of nitrogens with two attached hydrogens (primary N) is 1. The van der Waals surface area contributed by atoms with Gasteiger partial charge in [-0.2, -0.15) is 5.10 Å². The van der Waals surface area contributed by atoms with Crippen molar-refractivity contribution < 1.29 is 4.79 Å². The van der Waals surface area contributed by atoms with Crippen LogP contribution in [0.15, 0.2) is 6.20 Å². The van der Waals surface area contributed by atoms with Gasteiger partial charge in [-0.15, -0.1) is 0 Å². The lowest BCUT2D eigenvalue weighted by molar-refractivity contribution is -0.122. The Morgan fingerprint density at radius 3 is 2.71 bits per heavy atom. The van der Waals surface area contributed by atoms with Crippen LogP contribution in [0.25, 0.3) is 0 Å². The number of hydrogen-bond donors (Lipinski definition) is 2. The van der Waals surface area contributed by atoms with Gasteiger partial charge in [-0.05, 0) is 26.3 Å². The first kappa shape index (κ1) is 13.7. The second kappa shape index (κ2) is 5.82. The zero-order valence-electron chi connectivity index (χ0n) is 11.0. The maximum absolute atomic E-state index is 11.7. The molecule has 0 aliphatic carbocycles. The molecule has 2 unspecified atom stereocenters. The summed E-state index contributed by atoms with van der Waals surface area (Å²) in [4.78, 5) is 11.7. The predicted octanol–water partition coefficient (Wildman–Crippen LogP) is 0.891. The van der Waals surface area contributed by atoms with E-state index in [2.05, 4.69) is 10.4 Å². The van der Waals surface area contributed by atoms with Crippen LogP contribution in [-0.4, -0.2) is 22.2 Å². The molecule has 1 rings (SSSR count). The van der Waals surface area contributed by atoms with Crippen LogP contribution >= 0.6 is 0 Å². The molecule has 3 N–H and O–H groups in total. The van der Waals surface area contributed by atoms with Crippen molar-refractivity contribution in [2.24, 2.45) is 18.7 Å². The minimum Gasteiger partial charge on any atom is -0.349 e. The van der Waals surface area contributed by atoms with Gasteiger partial charge in [-0.3, -0.25) is 9.48 Å². The molecule has 0 fully saturated rings. The van der Waals surface area contributed by atoms with Gasteiger partial charge in [-0.25, -0.2) is 0 Å². The quantitative estimate of drug-likeness (QED) is 0.800. The first-order valence-corrected chi connectivity index (χ1v) is 5.93. The van der Waals surface area contributed by atoms with Crippen molar-refractivity contribution in [3.63, 3.8) is 0 Å². The molecule has 1 aromatic rings. The van der Waals surface area contributed by atoms with Gasteiger partial charge in [0.25, 0.3) is 0 Å². The third-order valence-corrected chi connectivity index (χ3v) is 3.05. The lowest BCUT2D eigenvalue weighted by Crippen LogP contribution is -2.29. The Labute approximate surface area is 102 Å². The summed E-state index contributed by atoms with van der Waals surface area (Å²) in [5.74, 6) is 0.260. The molecule has 2 atom stereocenters. The standard InChI is InChI=1S/C12H22N4O/c1-8(6-13)5-12(17)15-9(2)11-7-14-16(4)10(11)3/h7-9H,5-6,13H2,1-4H3,(H,15,17). The predicted molar refractivity (Wildman–Crippen MR) is 67.3 cm³/mol. The third-order valence-electron chi connectivity index (χ3n) is 3.05. The second-order valence-corrected chi connectivity index (χ2v) is 4.64. The van der Waals surface area contributed by atoms with Gasteiger partial charge in [0.15, 0.2) is 0 Å². The average molecular weight is 238 g/mol. The Morgan fingerprint density at radius 2 is 2.24 bits per heavy atom. The smallest absolute Gasteiger partial charge is 0.220 e. The van der Waals surface area contributed by atoms with Crippen molar-refractivity contribution in [1.82, 2.24) is 15.1 Å². The highest BCUT2D eigenvalue weighted by molar-refractivity contribution is 5.76. The molecule has 96 valence electrons. The number of nitrogens with zero attached hydrogens (tertiary/aromatic N) is 2. The molecule has 5 nitrogen and oxygen atoms in total. The van der Waals surface area contributed by atoms with E-state index in [0.717, 1.165) is 11.3 Å². The topological polar surface area (TPSA) is 72.9 Å². The first-order chi connectivity index (χ1) is 7.95. The van der Waals surface area contributed by atoms with Crippen molar-refractivity contribution in [2.75, 3.05) is 6.54 Å². The van der Waals surface area contributed by atoms with E-state index in [1.165, 1.54) is 0 Å². The van der Waals surface area contributed by atoms with E-state index in [-0.39, 0.29) is 17.9 Å². The summed E-state index contributed by atoms with van der Waals surface area (Å²) in [6, 6.07) is -0.0128. The van der Waals surface area contributed by atoms with Crippen LogP contribution in [-0.2, 0) is 11.8 Å². The lowest BCUT2D eigenvalue weighted by Gasteiger charge is -2.15. The van der Waals surface area contributed by atoms with Crippen LogP contribution in [0.5, 0.6) is 0 Å². The van der Waals surface area contributed by atoms with Crippen LogP contribution < -0.4 is 11.1 Å². The number of amides is 1. The third kappa shape index (κ3) is 3.56. The molecular weight excluding hydrogens is 216 g/mol. The first-order valence-electron chi connectivity index (χ1n) is 5.93. The number of rotatable bonds is 5. The van der Waals surface area contributed by atoms with Gasteiger partial charge >= 0.3 is 0 Å². The summed E-state index contributed by atoms with van der Waals surface area (Å²) in [6.45, 7) is 6.47. The van der Waals surface area contributed by atoms with Crippen LogP contribution in [0.3, 0.4) is 0 Å². The van der Waals surface area contributed by atoms with Gasteiger partial charge in [-0.1, -0.05) is 6.92 Å². The van der Waals surface area contributed by atoms with Gasteiger partial charge in [0.05, 0.1) is 12.2 Å². The van der Waals surface area contributed by atoms with Crippen LogP contribution in [0.4, 0.5) is 0 Å². The van der Waals surface area contributed by atoms with E-state index in [0.29, 0.717) is 13.0 Å². The number of aryl methyl sites for hydroxylation is 1. The van der Waals surface area contributed by atoms with Crippen LogP contribution in [0, 0.1) is 12.8 Å². The normalized spacial score (nSPS) is 14.4. The summed E-state index contributed by atoms with van der Waals surface area (Å²) in [5, 5.41) is 7.13. The number of hydrogen-bond acceptors (Lipinski definition) is 3. The number of aromatic nitrogens is 2. The van der Waals surface area contributed by atoms with E-state index >= 15 is 0 Å². The van der Waals surface area contributed by atoms with E-state index in [4.69, 9.17) is 5.73 Å².